The third-order valence-electron chi connectivity index (χ3n) is 2.76. The number of hydrogen-bond acceptors (Lipinski definition) is 3. The van der Waals surface area contributed by atoms with Crippen molar-refractivity contribution in [2.45, 2.75) is 46.2 Å². The Morgan fingerprint density at radius 2 is 2.22 bits per heavy atom. The van der Waals surface area contributed by atoms with E-state index in [1.54, 1.807) is 12.4 Å². The van der Waals surface area contributed by atoms with Gasteiger partial charge in [-0.3, -0.25) is 9.78 Å². The molecule has 0 saturated carbocycles. The molecule has 1 heterocycles. The van der Waals surface area contributed by atoms with Crippen LogP contribution < -0.4 is 5.32 Å². The first-order valence-electron chi connectivity index (χ1n) is 6.23. The molecule has 0 aliphatic carbocycles. The summed E-state index contributed by atoms with van der Waals surface area (Å²) >= 11 is 0. The van der Waals surface area contributed by atoms with Crippen molar-refractivity contribution >= 4 is 5.97 Å². The van der Waals surface area contributed by atoms with Gasteiger partial charge in [0.1, 0.15) is 6.04 Å². The molecule has 1 atom stereocenters. The van der Waals surface area contributed by atoms with Crippen LogP contribution in [0.3, 0.4) is 0 Å². The second kappa shape index (κ2) is 6.50. The predicted octanol–water partition coefficient (Wildman–Crippen LogP) is 2.45. The molecule has 0 aromatic carbocycles. The molecule has 2 N–H and O–H groups in total. The Morgan fingerprint density at radius 1 is 1.50 bits per heavy atom. The van der Waals surface area contributed by atoms with Crippen LogP contribution in [0.2, 0.25) is 0 Å². The van der Waals surface area contributed by atoms with Gasteiger partial charge in [0.2, 0.25) is 0 Å². The Bertz CT molecular complexity index is 371. The van der Waals surface area contributed by atoms with Gasteiger partial charge in [0.05, 0.1) is 0 Å². The van der Waals surface area contributed by atoms with E-state index in [4.69, 9.17) is 5.11 Å². The third kappa shape index (κ3) is 5.77. The smallest absolute Gasteiger partial charge is 0.320 e. The van der Waals surface area contributed by atoms with E-state index in [0.29, 0.717) is 13.0 Å². The fraction of sp³-hybridized carbons (Fsp3) is 0.571. The van der Waals surface area contributed by atoms with Crippen molar-refractivity contribution in [3.8, 4) is 0 Å². The van der Waals surface area contributed by atoms with Crippen LogP contribution in [0.4, 0.5) is 0 Å². The van der Waals surface area contributed by atoms with Crippen molar-refractivity contribution in [2.75, 3.05) is 0 Å². The Kier molecular flexibility index (Phi) is 5.28. The molecule has 0 bridgehead atoms. The highest BCUT2D eigenvalue weighted by Gasteiger charge is 2.20. The largest absolute Gasteiger partial charge is 0.480 e. The van der Waals surface area contributed by atoms with E-state index in [1.165, 1.54) is 0 Å². The molecule has 0 amide bonds. The average molecular weight is 250 g/mol. The van der Waals surface area contributed by atoms with Crippen molar-refractivity contribution < 1.29 is 9.90 Å². The van der Waals surface area contributed by atoms with Gasteiger partial charge >= 0.3 is 5.97 Å². The first-order valence-corrected chi connectivity index (χ1v) is 6.23. The van der Waals surface area contributed by atoms with Crippen LogP contribution in [-0.4, -0.2) is 22.1 Å². The van der Waals surface area contributed by atoms with Crippen molar-refractivity contribution in [2.24, 2.45) is 5.41 Å². The van der Waals surface area contributed by atoms with Crippen LogP contribution in [0.5, 0.6) is 0 Å². The van der Waals surface area contributed by atoms with Crippen molar-refractivity contribution in [1.82, 2.24) is 10.3 Å². The topological polar surface area (TPSA) is 62.2 Å². The summed E-state index contributed by atoms with van der Waals surface area (Å²) in [5, 5.41) is 12.2. The first kappa shape index (κ1) is 14.6. The third-order valence-corrected chi connectivity index (χ3v) is 2.76. The summed E-state index contributed by atoms with van der Waals surface area (Å²) in [6, 6.07) is 3.29. The molecule has 4 heteroatoms. The van der Waals surface area contributed by atoms with Crippen molar-refractivity contribution in [3.05, 3.63) is 30.1 Å². The van der Waals surface area contributed by atoms with Gasteiger partial charge in [-0.25, -0.2) is 0 Å². The molecule has 1 rings (SSSR count). The van der Waals surface area contributed by atoms with Gasteiger partial charge in [-0.1, -0.05) is 26.8 Å². The minimum Gasteiger partial charge on any atom is -0.480 e. The lowest BCUT2D eigenvalue weighted by atomic mass is 9.88. The Morgan fingerprint density at radius 3 is 2.72 bits per heavy atom. The highest BCUT2D eigenvalue weighted by molar-refractivity contribution is 5.73. The lowest BCUT2D eigenvalue weighted by molar-refractivity contribution is -0.139. The maximum Gasteiger partial charge on any atom is 0.320 e. The number of carboxylic acids is 1. The number of carbonyl (C=O) groups is 1. The molecule has 0 fully saturated rings. The van der Waals surface area contributed by atoms with Crippen molar-refractivity contribution in [1.29, 1.82) is 0 Å². The summed E-state index contributed by atoms with van der Waals surface area (Å²) in [5.74, 6) is -0.789. The van der Waals surface area contributed by atoms with Gasteiger partial charge in [-0.2, -0.15) is 0 Å². The molecule has 1 aromatic rings. The molecule has 1 unspecified atom stereocenters. The van der Waals surface area contributed by atoms with Crippen LogP contribution in [0.25, 0.3) is 0 Å². The van der Waals surface area contributed by atoms with E-state index in [-0.39, 0.29) is 5.41 Å². The quantitative estimate of drug-likeness (QED) is 0.814. The zero-order chi connectivity index (χ0) is 13.6. The lowest BCUT2D eigenvalue weighted by Crippen LogP contribution is -2.37. The summed E-state index contributed by atoms with van der Waals surface area (Å²) in [7, 11) is 0. The summed E-state index contributed by atoms with van der Waals surface area (Å²) in [5.41, 5.74) is 1.16. The number of pyridine rings is 1. The molecule has 0 spiro atoms. The fourth-order valence-electron chi connectivity index (χ4n) is 1.63. The Hall–Kier alpha value is -1.42. The lowest BCUT2D eigenvalue weighted by Gasteiger charge is -2.21. The molecule has 0 aliphatic heterocycles. The van der Waals surface area contributed by atoms with Crippen molar-refractivity contribution in [3.63, 3.8) is 0 Å². The number of nitrogens with one attached hydrogen (secondary N) is 1. The van der Waals surface area contributed by atoms with E-state index < -0.39 is 12.0 Å². The van der Waals surface area contributed by atoms with E-state index in [0.717, 1.165) is 12.0 Å². The van der Waals surface area contributed by atoms with Crippen LogP contribution in [0.1, 0.15) is 39.2 Å². The van der Waals surface area contributed by atoms with Gasteiger partial charge < -0.3 is 10.4 Å². The van der Waals surface area contributed by atoms with Crippen LogP contribution in [0.15, 0.2) is 24.5 Å². The zero-order valence-electron chi connectivity index (χ0n) is 11.3. The van der Waals surface area contributed by atoms with Crippen LogP contribution >= 0.6 is 0 Å². The maximum atomic E-state index is 11.2. The highest BCUT2D eigenvalue weighted by Crippen LogP contribution is 2.21. The summed E-state index contributed by atoms with van der Waals surface area (Å²) in [6.45, 7) is 6.89. The fourth-order valence-corrected chi connectivity index (χ4v) is 1.63. The Labute approximate surface area is 108 Å². The molecule has 1 aromatic heterocycles. The molecule has 0 radical (unpaired) electrons. The number of aliphatic carboxylic acids is 1. The standard InChI is InChI=1S/C14H22N2O2/c1-14(2,3)7-6-12(13(17)18)16-10-11-5-4-8-15-9-11/h4-5,8-9,12,16H,6-7,10H2,1-3H3,(H,17,18). The molecule has 4 nitrogen and oxygen atoms in total. The van der Waals surface area contributed by atoms with Gasteiger partial charge in [0, 0.05) is 18.9 Å². The number of carboxylic acid groups (broad SMARTS) is 1. The zero-order valence-corrected chi connectivity index (χ0v) is 11.3. The first-order chi connectivity index (χ1) is 8.38. The molecular formula is C14H22N2O2. The molecule has 0 saturated heterocycles. The van der Waals surface area contributed by atoms with E-state index >= 15 is 0 Å². The van der Waals surface area contributed by atoms with Gasteiger partial charge in [-0.05, 0) is 29.9 Å². The SMILES string of the molecule is CC(C)(C)CCC(NCc1cccnc1)C(=O)O. The summed E-state index contributed by atoms with van der Waals surface area (Å²) in [4.78, 5) is 15.2. The highest BCUT2D eigenvalue weighted by atomic mass is 16.4. The summed E-state index contributed by atoms with van der Waals surface area (Å²) in [6.07, 6.45) is 4.97. The number of rotatable bonds is 6. The van der Waals surface area contributed by atoms with E-state index in [2.05, 4.69) is 31.1 Å². The second-order valence-electron chi connectivity index (χ2n) is 5.73. The molecular weight excluding hydrogens is 228 g/mol. The monoisotopic (exact) mass is 250 g/mol. The van der Waals surface area contributed by atoms with Gasteiger partial charge in [0.25, 0.3) is 0 Å². The molecule has 18 heavy (non-hydrogen) atoms. The van der Waals surface area contributed by atoms with Gasteiger partial charge in [-0.15, -0.1) is 0 Å². The van der Waals surface area contributed by atoms with Crippen LogP contribution in [-0.2, 0) is 11.3 Å². The Balaban J connectivity index is 2.46. The molecule has 0 aliphatic rings. The predicted molar refractivity (Wildman–Crippen MR) is 71.2 cm³/mol. The average Bonchev–Trinajstić information content (AvgIpc) is 2.28. The van der Waals surface area contributed by atoms with E-state index in [9.17, 15) is 4.79 Å². The normalized spacial score (nSPS) is 13.3. The van der Waals surface area contributed by atoms with Gasteiger partial charge in [0.15, 0.2) is 0 Å². The second-order valence-corrected chi connectivity index (χ2v) is 5.73. The number of hydrogen-bond donors (Lipinski definition) is 2. The maximum absolute atomic E-state index is 11.2. The minimum absolute atomic E-state index is 0.156. The van der Waals surface area contributed by atoms with Crippen LogP contribution in [0, 0.1) is 5.41 Å². The number of aromatic nitrogens is 1. The van der Waals surface area contributed by atoms with E-state index in [1.807, 2.05) is 12.1 Å². The molecule has 100 valence electrons. The minimum atomic E-state index is -0.789. The number of nitrogens with zero attached hydrogens (tertiary/aromatic N) is 1. The summed E-state index contributed by atoms with van der Waals surface area (Å²) < 4.78 is 0.